The van der Waals surface area contributed by atoms with E-state index in [0.717, 1.165) is 6.26 Å². The Morgan fingerprint density at radius 3 is 2.24 bits per heavy atom. The molecule has 0 aliphatic carbocycles. The molecule has 0 heterocycles. The van der Waals surface area contributed by atoms with Crippen molar-refractivity contribution in [2.24, 2.45) is 5.73 Å². The molecule has 0 bridgehead atoms. The molecule has 0 fully saturated rings. The lowest BCUT2D eigenvalue weighted by atomic mass is 10.0. The SMILES string of the molecule is COc1cc(C(N)CCC(=O)O)c(S(C)(=O)=O)cc1OC. The van der Waals surface area contributed by atoms with Gasteiger partial charge >= 0.3 is 5.97 Å². The second-order valence-electron chi connectivity index (χ2n) is 4.56. The monoisotopic (exact) mass is 317 g/mol. The number of ether oxygens (including phenoxy) is 2. The maximum absolute atomic E-state index is 11.9. The van der Waals surface area contributed by atoms with Gasteiger partial charge in [-0.25, -0.2) is 8.42 Å². The predicted octanol–water partition coefficient (Wildman–Crippen LogP) is 0.972. The fraction of sp³-hybridized carbons (Fsp3) is 0.462. The number of sulfone groups is 1. The highest BCUT2D eigenvalue weighted by molar-refractivity contribution is 7.90. The van der Waals surface area contributed by atoms with Gasteiger partial charge < -0.3 is 20.3 Å². The van der Waals surface area contributed by atoms with Gasteiger partial charge in [-0.1, -0.05) is 0 Å². The van der Waals surface area contributed by atoms with Crippen molar-refractivity contribution in [3.63, 3.8) is 0 Å². The van der Waals surface area contributed by atoms with Gasteiger partial charge in [-0.3, -0.25) is 4.79 Å². The number of carboxylic acids is 1. The lowest BCUT2D eigenvalue weighted by Gasteiger charge is -2.18. The van der Waals surface area contributed by atoms with E-state index in [-0.39, 0.29) is 23.5 Å². The molecule has 1 rings (SSSR count). The number of rotatable bonds is 7. The van der Waals surface area contributed by atoms with Crippen molar-refractivity contribution in [2.75, 3.05) is 20.5 Å². The quantitative estimate of drug-likeness (QED) is 0.769. The zero-order valence-corrected chi connectivity index (χ0v) is 12.9. The van der Waals surface area contributed by atoms with E-state index < -0.39 is 21.8 Å². The number of benzene rings is 1. The van der Waals surface area contributed by atoms with Crippen LogP contribution in [0.25, 0.3) is 0 Å². The van der Waals surface area contributed by atoms with Crippen LogP contribution in [0, 0.1) is 0 Å². The van der Waals surface area contributed by atoms with E-state index >= 15 is 0 Å². The molecule has 0 amide bonds. The number of hydrogen-bond donors (Lipinski definition) is 2. The zero-order valence-electron chi connectivity index (χ0n) is 12.1. The van der Waals surface area contributed by atoms with E-state index in [9.17, 15) is 13.2 Å². The largest absolute Gasteiger partial charge is 0.493 e. The Balaban J connectivity index is 3.36. The van der Waals surface area contributed by atoms with Crippen molar-refractivity contribution >= 4 is 15.8 Å². The number of aliphatic carboxylic acids is 1. The molecule has 118 valence electrons. The van der Waals surface area contributed by atoms with Crippen LogP contribution in [0.4, 0.5) is 0 Å². The van der Waals surface area contributed by atoms with Gasteiger partial charge in [0.05, 0.1) is 19.1 Å². The Labute approximate surface area is 123 Å². The molecule has 0 aliphatic heterocycles. The standard InChI is InChI=1S/C13H19NO6S/c1-19-10-6-8(9(14)4-5-13(15)16)12(21(3,17)18)7-11(10)20-2/h6-7,9H,4-5,14H2,1-3H3,(H,15,16). The summed E-state index contributed by atoms with van der Waals surface area (Å²) in [6, 6.07) is 2.08. The maximum atomic E-state index is 11.9. The Bertz CT molecular complexity index is 626. The van der Waals surface area contributed by atoms with Crippen LogP contribution in [0.3, 0.4) is 0 Å². The number of carbonyl (C=O) groups is 1. The highest BCUT2D eigenvalue weighted by Crippen LogP contribution is 2.35. The molecule has 8 heteroatoms. The van der Waals surface area contributed by atoms with Gasteiger partial charge in [0.25, 0.3) is 0 Å². The summed E-state index contributed by atoms with van der Waals surface area (Å²) >= 11 is 0. The van der Waals surface area contributed by atoms with Crippen molar-refractivity contribution in [1.29, 1.82) is 0 Å². The Kier molecular flexibility index (Phi) is 5.56. The van der Waals surface area contributed by atoms with Gasteiger partial charge in [0.2, 0.25) is 0 Å². The molecule has 7 nitrogen and oxygen atoms in total. The topological polar surface area (TPSA) is 116 Å². The minimum atomic E-state index is -3.54. The Morgan fingerprint density at radius 1 is 1.29 bits per heavy atom. The smallest absolute Gasteiger partial charge is 0.303 e. The first-order valence-corrected chi connectivity index (χ1v) is 8.03. The first kappa shape index (κ1) is 17.3. The van der Waals surface area contributed by atoms with Gasteiger partial charge in [0.15, 0.2) is 21.3 Å². The molecule has 0 aromatic heterocycles. The fourth-order valence-electron chi connectivity index (χ4n) is 1.92. The average molecular weight is 317 g/mol. The van der Waals surface area contributed by atoms with Crippen LogP contribution in [0.2, 0.25) is 0 Å². The van der Waals surface area contributed by atoms with Crippen LogP contribution in [-0.2, 0) is 14.6 Å². The summed E-state index contributed by atoms with van der Waals surface area (Å²) < 4.78 is 34.0. The average Bonchev–Trinajstić information content (AvgIpc) is 2.42. The van der Waals surface area contributed by atoms with Crippen LogP contribution in [-0.4, -0.2) is 40.0 Å². The second-order valence-corrected chi connectivity index (χ2v) is 6.54. The minimum absolute atomic E-state index is 0.0121. The number of carboxylic acid groups (broad SMARTS) is 1. The van der Waals surface area contributed by atoms with Crippen LogP contribution in [0.1, 0.15) is 24.4 Å². The van der Waals surface area contributed by atoms with E-state index in [0.29, 0.717) is 11.3 Å². The van der Waals surface area contributed by atoms with E-state index in [1.165, 1.54) is 26.4 Å². The zero-order chi connectivity index (χ0) is 16.2. The fourth-order valence-corrected chi connectivity index (χ4v) is 2.88. The normalized spacial score (nSPS) is 12.8. The summed E-state index contributed by atoms with van der Waals surface area (Å²) in [5.41, 5.74) is 6.25. The summed E-state index contributed by atoms with van der Waals surface area (Å²) in [6.07, 6.45) is 1.02. The Hall–Kier alpha value is -1.80. The molecule has 3 N–H and O–H groups in total. The van der Waals surface area contributed by atoms with Crippen LogP contribution in [0.15, 0.2) is 17.0 Å². The first-order valence-electron chi connectivity index (χ1n) is 6.14. The van der Waals surface area contributed by atoms with Gasteiger partial charge in [-0.05, 0) is 18.1 Å². The summed E-state index contributed by atoms with van der Waals surface area (Å²) in [5.74, 6) is -0.385. The molecule has 1 unspecified atom stereocenters. The van der Waals surface area contributed by atoms with Gasteiger partial charge in [-0.2, -0.15) is 0 Å². The number of methoxy groups -OCH3 is 2. The molecule has 0 aliphatic rings. The number of hydrogen-bond acceptors (Lipinski definition) is 6. The lowest BCUT2D eigenvalue weighted by molar-refractivity contribution is -0.137. The summed E-state index contributed by atoms with van der Waals surface area (Å²) in [4.78, 5) is 10.6. The third-order valence-corrected chi connectivity index (χ3v) is 4.14. The molecule has 0 saturated heterocycles. The van der Waals surface area contributed by atoms with E-state index in [4.69, 9.17) is 20.3 Å². The molecular weight excluding hydrogens is 298 g/mol. The third-order valence-electron chi connectivity index (χ3n) is 2.98. The molecule has 1 aromatic rings. The first-order chi connectivity index (χ1) is 9.70. The van der Waals surface area contributed by atoms with Crippen molar-refractivity contribution in [1.82, 2.24) is 0 Å². The molecule has 0 spiro atoms. The van der Waals surface area contributed by atoms with Crippen molar-refractivity contribution in [3.8, 4) is 11.5 Å². The highest BCUT2D eigenvalue weighted by Gasteiger charge is 2.22. The van der Waals surface area contributed by atoms with Crippen molar-refractivity contribution < 1.29 is 27.8 Å². The number of nitrogens with two attached hydrogens (primary N) is 1. The summed E-state index contributed by atoms with van der Waals surface area (Å²) in [5, 5.41) is 8.70. The van der Waals surface area contributed by atoms with Crippen LogP contribution >= 0.6 is 0 Å². The molecule has 0 saturated carbocycles. The second kappa shape index (κ2) is 6.77. The maximum Gasteiger partial charge on any atom is 0.303 e. The molecule has 21 heavy (non-hydrogen) atoms. The van der Waals surface area contributed by atoms with E-state index in [1.807, 2.05) is 0 Å². The molecular formula is C13H19NO6S. The molecule has 1 atom stereocenters. The third kappa shape index (κ3) is 4.33. The molecule has 1 aromatic carbocycles. The van der Waals surface area contributed by atoms with Crippen molar-refractivity contribution in [2.45, 2.75) is 23.8 Å². The van der Waals surface area contributed by atoms with Gasteiger partial charge in [0, 0.05) is 24.8 Å². The van der Waals surface area contributed by atoms with Crippen LogP contribution in [0.5, 0.6) is 11.5 Å². The van der Waals surface area contributed by atoms with Crippen LogP contribution < -0.4 is 15.2 Å². The minimum Gasteiger partial charge on any atom is -0.493 e. The predicted molar refractivity (Wildman–Crippen MR) is 76.5 cm³/mol. The Morgan fingerprint density at radius 2 is 1.81 bits per heavy atom. The van der Waals surface area contributed by atoms with Crippen molar-refractivity contribution in [3.05, 3.63) is 17.7 Å². The lowest BCUT2D eigenvalue weighted by Crippen LogP contribution is -2.16. The highest BCUT2D eigenvalue weighted by atomic mass is 32.2. The van der Waals surface area contributed by atoms with Gasteiger partial charge in [-0.15, -0.1) is 0 Å². The van der Waals surface area contributed by atoms with Gasteiger partial charge in [0.1, 0.15) is 0 Å². The van der Waals surface area contributed by atoms with E-state index in [1.54, 1.807) is 0 Å². The van der Waals surface area contributed by atoms with E-state index in [2.05, 4.69) is 0 Å². The summed E-state index contributed by atoms with van der Waals surface area (Å²) in [7, 11) is -0.720. The molecule has 0 radical (unpaired) electrons. The summed E-state index contributed by atoms with van der Waals surface area (Å²) in [6.45, 7) is 0.